The van der Waals surface area contributed by atoms with Crippen molar-refractivity contribution in [2.45, 2.75) is 31.1 Å². The van der Waals surface area contributed by atoms with Gasteiger partial charge in [0.2, 0.25) is 17.6 Å². The van der Waals surface area contributed by atoms with Gasteiger partial charge in [0, 0.05) is 42.0 Å². The Morgan fingerprint density at radius 2 is 1.93 bits per heavy atom. The number of benzene rings is 2. The summed E-state index contributed by atoms with van der Waals surface area (Å²) in [6.45, 7) is 1.98. The normalized spacial score (nSPS) is 13.9. The van der Waals surface area contributed by atoms with E-state index in [2.05, 4.69) is 20.1 Å². The van der Waals surface area contributed by atoms with Crippen LogP contribution in [0.15, 0.2) is 70.3 Å². The fourth-order valence-electron chi connectivity index (χ4n) is 4.94. The van der Waals surface area contributed by atoms with Crippen LogP contribution in [0.3, 0.4) is 0 Å². The molecular weight excluding hydrogens is 537 g/mol. The van der Waals surface area contributed by atoms with Crippen molar-refractivity contribution in [2.24, 2.45) is 0 Å². The molecule has 1 aliphatic rings. The number of pyridine rings is 2. The lowest BCUT2D eigenvalue weighted by Crippen LogP contribution is -2.24. The zero-order valence-corrected chi connectivity index (χ0v) is 22.0. The Balaban J connectivity index is 1.56. The number of carbonyl (C=O) groups excluding carboxylic acids is 1. The first kappa shape index (κ1) is 25.7. The van der Waals surface area contributed by atoms with E-state index in [1.807, 2.05) is 6.07 Å². The number of carbonyl (C=O) groups is 1. The summed E-state index contributed by atoms with van der Waals surface area (Å²) in [6, 6.07) is 12.5. The van der Waals surface area contributed by atoms with Crippen molar-refractivity contribution in [3.63, 3.8) is 0 Å². The predicted molar refractivity (Wildman–Crippen MR) is 144 cm³/mol. The Labute approximate surface area is 228 Å². The van der Waals surface area contributed by atoms with E-state index in [1.165, 1.54) is 23.1 Å². The highest BCUT2D eigenvalue weighted by atomic mass is 32.2. The Kier molecular flexibility index (Phi) is 6.35. The molecule has 0 saturated carbocycles. The minimum atomic E-state index is -4.65. The van der Waals surface area contributed by atoms with Gasteiger partial charge < -0.3 is 9.42 Å². The number of nitrogens with zero attached hydrogens (tertiary/aromatic N) is 5. The van der Waals surface area contributed by atoms with Crippen LogP contribution in [0.1, 0.15) is 29.9 Å². The van der Waals surface area contributed by atoms with E-state index < -0.39 is 10.1 Å². The van der Waals surface area contributed by atoms with Crippen LogP contribution in [0.4, 0.5) is 10.1 Å². The third-order valence-corrected chi connectivity index (χ3v) is 7.85. The molecule has 1 fully saturated rings. The number of hydrogen-bond donors (Lipinski definition) is 1. The molecule has 0 spiro atoms. The topological polar surface area (TPSA) is 139 Å². The molecule has 1 aliphatic heterocycles. The molecule has 1 saturated heterocycles. The van der Waals surface area contributed by atoms with Gasteiger partial charge in [0.1, 0.15) is 11.5 Å². The zero-order chi connectivity index (χ0) is 28.0. The van der Waals surface area contributed by atoms with Gasteiger partial charge in [-0.25, -0.2) is 4.39 Å². The van der Waals surface area contributed by atoms with Gasteiger partial charge in [-0.1, -0.05) is 17.3 Å². The lowest BCUT2D eigenvalue weighted by molar-refractivity contribution is -0.117. The van der Waals surface area contributed by atoms with Gasteiger partial charge in [0.15, 0.2) is 0 Å². The second kappa shape index (κ2) is 9.88. The fourth-order valence-corrected chi connectivity index (χ4v) is 5.71. The van der Waals surface area contributed by atoms with Crippen molar-refractivity contribution in [1.29, 1.82) is 0 Å². The molecule has 10 nitrogen and oxygen atoms in total. The Morgan fingerprint density at radius 3 is 2.65 bits per heavy atom. The third-order valence-electron chi connectivity index (χ3n) is 6.87. The molecule has 12 heteroatoms. The van der Waals surface area contributed by atoms with E-state index in [0.717, 1.165) is 5.56 Å². The summed E-state index contributed by atoms with van der Waals surface area (Å²) in [5.41, 5.74) is 2.92. The molecular formula is C28H22FN5O5S. The number of halogens is 1. The molecule has 4 heterocycles. The van der Waals surface area contributed by atoms with Crippen LogP contribution in [0.5, 0.6) is 0 Å². The summed E-state index contributed by atoms with van der Waals surface area (Å²) in [5.74, 6) is -0.101. The number of fused-ring (bicyclic) bond motifs is 1. The van der Waals surface area contributed by atoms with Crippen LogP contribution in [-0.4, -0.2) is 45.5 Å². The zero-order valence-electron chi connectivity index (χ0n) is 21.2. The largest absolute Gasteiger partial charge is 0.339 e. The first-order valence-corrected chi connectivity index (χ1v) is 13.9. The number of amides is 1. The maximum Gasteiger partial charge on any atom is 0.294 e. The maximum absolute atomic E-state index is 13.3. The van der Waals surface area contributed by atoms with Crippen LogP contribution in [0, 0.1) is 12.7 Å². The molecule has 0 unspecified atom stereocenters. The second-order valence-electron chi connectivity index (χ2n) is 9.48. The monoisotopic (exact) mass is 559 g/mol. The summed E-state index contributed by atoms with van der Waals surface area (Å²) < 4.78 is 53.8. The fraction of sp³-hybridized carbons (Fsp3) is 0.179. The van der Waals surface area contributed by atoms with Crippen molar-refractivity contribution in [1.82, 2.24) is 20.1 Å². The molecule has 0 radical (unpaired) electrons. The number of aromatic nitrogens is 4. The number of hydrogen-bond acceptors (Lipinski definition) is 8. The standard InChI is InChI=1S/C28H22FN5O5S/c1-16-21(13-20(14-22(16)40(36,37)38)34-11-3-5-24(34)35)25-26-18(4-2-10-30-26)15-31-27(25)28-32-23(39-33-28)12-17-6-8-19(29)9-7-17/h2,4,6-10,13-15H,3,5,11-12H2,1H3,(H,36,37,38). The summed E-state index contributed by atoms with van der Waals surface area (Å²) >= 11 is 0. The Morgan fingerprint density at radius 1 is 1.12 bits per heavy atom. The van der Waals surface area contributed by atoms with Crippen LogP contribution in [0.25, 0.3) is 33.5 Å². The van der Waals surface area contributed by atoms with E-state index >= 15 is 0 Å². The molecule has 0 aliphatic carbocycles. The van der Waals surface area contributed by atoms with Gasteiger partial charge in [0.25, 0.3) is 10.1 Å². The van der Waals surface area contributed by atoms with E-state index in [0.29, 0.717) is 47.1 Å². The number of rotatable bonds is 6. The van der Waals surface area contributed by atoms with Crippen molar-refractivity contribution >= 4 is 32.6 Å². The van der Waals surface area contributed by atoms with Gasteiger partial charge in [-0.15, -0.1) is 0 Å². The molecule has 5 aromatic rings. The minimum Gasteiger partial charge on any atom is -0.339 e. The van der Waals surface area contributed by atoms with Crippen LogP contribution >= 0.6 is 0 Å². The highest BCUT2D eigenvalue weighted by molar-refractivity contribution is 7.85. The summed E-state index contributed by atoms with van der Waals surface area (Å²) in [4.78, 5) is 27.4. The molecule has 3 aromatic heterocycles. The highest BCUT2D eigenvalue weighted by Gasteiger charge is 2.28. The van der Waals surface area contributed by atoms with Gasteiger partial charge in [0.05, 0.1) is 16.8 Å². The highest BCUT2D eigenvalue weighted by Crippen LogP contribution is 2.41. The average Bonchev–Trinajstić information content (AvgIpc) is 3.58. The number of anilines is 1. The molecule has 0 bridgehead atoms. The van der Waals surface area contributed by atoms with Crippen LogP contribution in [-0.2, 0) is 21.3 Å². The SMILES string of the molecule is Cc1c(-c2c(-c3noc(Cc4ccc(F)cc4)n3)ncc3cccnc23)cc(N2CCCC2=O)cc1S(=O)(=O)O. The first-order valence-electron chi connectivity index (χ1n) is 12.4. The Bertz CT molecular complexity index is 1890. The van der Waals surface area contributed by atoms with Gasteiger partial charge in [-0.2, -0.15) is 13.4 Å². The molecule has 40 heavy (non-hydrogen) atoms. The summed E-state index contributed by atoms with van der Waals surface area (Å²) in [5, 5.41) is 4.80. The lowest BCUT2D eigenvalue weighted by Gasteiger charge is -2.21. The predicted octanol–water partition coefficient (Wildman–Crippen LogP) is 4.76. The minimum absolute atomic E-state index is 0.134. The smallest absolute Gasteiger partial charge is 0.294 e. The van der Waals surface area contributed by atoms with Crippen LogP contribution < -0.4 is 4.90 Å². The van der Waals surface area contributed by atoms with Crippen molar-refractivity contribution in [3.05, 3.63) is 83.8 Å². The lowest BCUT2D eigenvalue weighted by atomic mass is 9.95. The van der Waals surface area contributed by atoms with Gasteiger partial charge in [-0.3, -0.25) is 19.3 Å². The average molecular weight is 560 g/mol. The molecule has 1 N–H and O–H groups in total. The van der Waals surface area contributed by atoms with Crippen molar-refractivity contribution < 1.29 is 26.7 Å². The summed E-state index contributed by atoms with van der Waals surface area (Å²) in [6.07, 6.45) is 4.42. The molecule has 0 atom stereocenters. The van der Waals surface area contributed by atoms with Crippen molar-refractivity contribution in [2.75, 3.05) is 11.4 Å². The van der Waals surface area contributed by atoms with E-state index in [4.69, 9.17) is 4.52 Å². The summed E-state index contributed by atoms with van der Waals surface area (Å²) in [7, 11) is -4.65. The molecule has 1 amide bonds. The quantitative estimate of drug-likeness (QED) is 0.292. The van der Waals surface area contributed by atoms with Gasteiger partial charge in [-0.05, 0) is 66.4 Å². The molecule has 202 valence electrons. The second-order valence-corrected chi connectivity index (χ2v) is 10.9. The first-order chi connectivity index (χ1) is 19.2. The maximum atomic E-state index is 13.3. The van der Waals surface area contributed by atoms with E-state index in [1.54, 1.807) is 43.6 Å². The molecule has 6 rings (SSSR count). The Hall–Kier alpha value is -4.55. The van der Waals surface area contributed by atoms with Crippen LogP contribution in [0.2, 0.25) is 0 Å². The van der Waals surface area contributed by atoms with Gasteiger partial charge >= 0.3 is 0 Å². The molecule has 2 aromatic carbocycles. The van der Waals surface area contributed by atoms with Crippen molar-refractivity contribution in [3.8, 4) is 22.6 Å². The third kappa shape index (κ3) is 4.71. The van der Waals surface area contributed by atoms with E-state index in [-0.39, 0.29) is 46.0 Å². The van der Waals surface area contributed by atoms with E-state index in [9.17, 15) is 22.2 Å².